The summed E-state index contributed by atoms with van der Waals surface area (Å²) in [5.41, 5.74) is 1.32. The summed E-state index contributed by atoms with van der Waals surface area (Å²) < 4.78 is 5.72. The lowest BCUT2D eigenvalue weighted by Crippen LogP contribution is -2.41. The standard InChI is InChI=1S/C16H23N3O/c1-17-16(19-9-4-5-10-19)18-12-13-8-11-20-15-7-3-2-6-14(13)15/h2-3,6-7,13H,4-5,8-12H2,1H3,(H,17,18). The number of nitrogens with zero attached hydrogens (tertiary/aromatic N) is 2. The van der Waals surface area contributed by atoms with Crippen molar-refractivity contribution in [3.8, 4) is 5.75 Å². The van der Waals surface area contributed by atoms with E-state index in [4.69, 9.17) is 4.74 Å². The molecule has 0 radical (unpaired) electrons. The molecule has 4 nitrogen and oxygen atoms in total. The van der Waals surface area contributed by atoms with Crippen LogP contribution in [0.25, 0.3) is 0 Å². The van der Waals surface area contributed by atoms with E-state index >= 15 is 0 Å². The lowest BCUT2D eigenvalue weighted by molar-refractivity contribution is 0.266. The summed E-state index contributed by atoms with van der Waals surface area (Å²) in [6.07, 6.45) is 3.63. The van der Waals surface area contributed by atoms with Crippen LogP contribution in [0.5, 0.6) is 5.75 Å². The van der Waals surface area contributed by atoms with Gasteiger partial charge in [-0.25, -0.2) is 0 Å². The van der Waals surface area contributed by atoms with Gasteiger partial charge in [-0.1, -0.05) is 18.2 Å². The zero-order valence-electron chi connectivity index (χ0n) is 12.1. The van der Waals surface area contributed by atoms with Crippen LogP contribution >= 0.6 is 0 Å². The number of fused-ring (bicyclic) bond motifs is 1. The van der Waals surface area contributed by atoms with E-state index in [1.165, 1.54) is 18.4 Å². The number of hydrogen-bond donors (Lipinski definition) is 1. The van der Waals surface area contributed by atoms with Crippen molar-refractivity contribution in [3.63, 3.8) is 0 Å². The molecule has 3 rings (SSSR count). The molecule has 0 aliphatic carbocycles. The molecule has 20 heavy (non-hydrogen) atoms. The summed E-state index contributed by atoms with van der Waals surface area (Å²) >= 11 is 0. The Hall–Kier alpha value is -1.71. The third-order valence-electron chi connectivity index (χ3n) is 4.21. The molecule has 1 atom stereocenters. The van der Waals surface area contributed by atoms with Crippen LogP contribution in [0.3, 0.4) is 0 Å². The molecule has 0 spiro atoms. The molecule has 0 amide bonds. The number of guanidine groups is 1. The van der Waals surface area contributed by atoms with Crippen molar-refractivity contribution in [1.29, 1.82) is 0 Å². The number of rotatable bonds is 2. The minimum Gasteiger partial charge on any atom is -0.493 e. The van der Waals surface area contributed by atoms with Crippen LogP contribution in [0.2, 0.25) is 0 Å². The molecule has 2 heterocycles. The number of hydrogen-bond acceptors (Lipinski definition) is 2. The molecule has 4 heteroatoms. The largest absolute Gasteiger partial charge is 0.493 e. The summed E-state index contributed by atoms with van der Waals surface area (Å²) in [6.45, 7) is 4.00. The lowest BCUT2D eigenvalue weighted by atomic mass is 9.93. The number of para-hydroxylation sites is 1. The van der Waals surface area contributed by atoms with Crippen molar-refractivity contribution in [2.75, 3.05) is 33.3 Å². The van der Waals surface area contributed by atoms with Gasteiger partial charge < -0.3 is 15.0 Å². The molecule has 2 aliphatic rings. The summed E-state index contributed by atoms with van der Waals surface area (Å²) in [6, 6.07) is 8.38. The van der Waals surface area contributed by atoms with Crippen molar-refractivity contribution < 1.29 is 4.74 Å². The van der Waals surface area contributed by atoms with Gasteiger partial charge in [0.15, 0.2) is 5.96 Å². The first-order chi connectivity index (χ1) is 9.88. The summed E-state index contributed by atoms with van der Waals surface area (Å²) in [5, 5.41) is 3.54. The Morgan fingerprint density at radius 2 is 2.15 bits per heavy atom. The Kier molecular flexibility index (Phi) is 4.09. The Morgan fingerprint density at radius 1 is 1.35 bits per heavy atom. The van der Waals surface area contributed by atoms with E-state index in [0.717, 1.165) is 44.4 Å². The number of aliphatic imine (C=N–C) groups is 1. The predicted octanol–water partition coefficient (Wildman–Crippen LogP) is 2.22. The third-order valence-corrected chi connectivity index (χ3v) is 4.21. The van der Waals surface area contributed by atoms with E-state index in [1.54, 1.807) is 0 Å². The zero-order valence-corrected chi connectivity index (χ0v) is 12.1. The van der Waals surface area contributed by atoms with Gasteiger partial charge in [0.25, 0.3) is 0 Å². The molecule has 1 N–H and O–H groups in total. The van der Waals surface area contributed by atoms with Crippen LogP contribution in [-0.4, -0.2) is 44.1 Å². The Balaban J connectivity index is 1.64. The van der Waals surface area contributed by atoms with Crippen molar-refractivity contribution >= 4 is 5.96 Å². The van der Waals surface area contributed by atoms with Gasteiger partial charge >= 0.3 is 0 Å². The van der Waals surface area contributed by atoms with Gasteiger partial charge in [-0.15, -0.1) is 0 Å². The van der Waals surface area contributed by atoms with Crippen LogP contribution in [0.4, 0.5) is 0 Å². The van der Waals surface area contributed by atoms with E-state index in [2.05, 4.69) is 33.4 Å². The number of likely N-dealkylation sites (tertiary alicyclic amines) is 1. The van der Waals surface area contributed by atoms with Gasteiger partial charge in [0.05, 0.1) is 6.61 Å². The van der Waals surface area contributed by atoms with Gasteiger partial charge in [0.1, 0.15) is 5.75 Å². The second-order valence-electron chi connectivity index (χ2n) is 5.49. The van der Waals surface area contributed by atoms with E-state index in [9.17, 15) is 0 Å². The van der Waals surface area contributed by atoms with Gasteiger partial charge in [0.2, 0.25) is 0 Å². The molecule has 0 bridgehead atoms. The average molecular weight is 273 g/mol. The van der Waals surface area contributed by atoms with E-state index in [-0.39, 0.29) is 0 Å². The molecule has 0 aromatic heterocycles. The van der Waals surface area contributed by atoms with Crippen LogP contribution in [0, 0.1) is 0 Å². The monoisotopic (exact) mass is 273 g/mol. The predicted molar refractivity (Wildman–Crippen MR) is 81.5 cm³/mol. The van der Waals surface area contributed by atoms with Crippen molar-refractivity contribution in [1.82, 2.24) is 10.2 Å². The molecule has 108 valence electrons. The summed E-state index contributed by atoms with van der Waals surface area (Å²) in [5.74, 6) is 2.60. The van der Waals surface area contributed by atoms with E-state index in [1.807, 2.05) is 13.1 Å². The molecule has 1 aromatic rings. The summed E-state index contributed by atoms with van der Waals surface area (Å²) in [7, 11) is 1.87. The fraction of sp³-hybridized carbons (Fsp3) is 0.562. The molecule has 1 saturated heterocycles. The minimum atomic E-state index is 0.513. The highest BCUT2D eigenvalue weighted by Gasteiger charge is 2.22. The van der Waals surface area contributed by atoms with Crippen LogP contribution in [0.1, 0.15) is 30.7 Å². The van der Waals surface area contributed by atoms with E-state index < -0.39 is 0 Å². The smallest absolute Gasteiger partial charge is 0.193 e. The maximum atomic E-state index is 5.72. The topological polar surface area (TPSA) is 36.9 Å². The highest BCUT2D eigenvalue weighted by molar-refractivity contribution is 5.80. The Labute approximate surface area is 120 Å². The second-order valence-corrected chi connectivity index (χ2v) is 5.49. The summed E-state index contributed by atoms with van der Waals surface area (Å²) in [4.78, 5) is 6.76. The second kappa shape index (κ2) is 6.16. The SMILES string of the molecule is CN=C(NCC1CCOc2ccccc21)N1CCCC1. The zero-order chi connectivity index (χ0) is 13.8. The third kappa shape index (κ3) is 2.74. The molecule has 1 fully saturated rings. The first-order valence-corrected chi connectivity index (χ1v) is 7.56. The lowest BCUT2D eigenvalue weighted by Gasteiger charge is -2.28. The van der Waals surface area contributed by atoms with Crippen LogP contribution < -0.4 is 10.1 Å². The van der Waals surface area contributed by atoms with E-state index in [0.29, 0.717) is 5.92 Å². The first kappa shape index (κ1) is 13.3. The molecule has 1 unspecified atom stereocenters. The van der Waals surface area contributed by atoms with Crippen molar-refractivity contribution in [2.24, 2.45) is 4.99 Å². The van der Waals surface area contributed by atoms with Crippen molar-refractivity contribution in [2.45, 2.75) is 25.2 Å². The first-order valence-electron chi connectivity index (χ1n) is 7.56. The number of benzene rings is 1. The highest BCUT2D eigenvalue weighted by Crippen LogP contribution is 2.32. The fourth-order valence-corrected chi connectivity index (χ4v) is 3.10. The minimum absolute atomic E-state index is 0.513. The van der Waals surface area contributed by atoms with Crippen molar-refractivity contribution in [3.05, 3.63) is 29.8 Å². The molecular weight excluding hydrogens is 250 g/mol. The fourth-order valence-electron chi connectivity index (χ4n) is 3.10. The van der Waals surface area contributed by atoms with Crippen LogP contribution in [-0.2, 0) is 0 Å². The number of nitrogens with one attached hydrogen (secondary N) is 1. The van der Waals surface area contributed by atoms with Crippen LogP contribution in [0.15, 0.2) is 29.3 Å². The maximum absolute atomic E-state index is 5.72. The molecule has 0 saturated carbocycles. The molecule has 2 aliphatic heterocycles. The van der Waals surface area contributed by atoms with Gasteiger partial charge in [-0.2, -0.15) is 0 Å². The van der Waals surface area contributed by atoms with Gasteiger partial charge in [0, 0.05) is 32.6 Å². The number of ether oxygens (including phenoxy) is 1. The molecular formula is C16H23N3O. The normalized spacial score (nSPS) is 22.4. The highest BCUT2D eigenvalue weighted by atomic mass is 16.5. The Morgan fingerprint density at radius 3 is 2.95 bits per heavy atom. The maximum Gasteiger partial charge on any atom is 0.193 e. The average Bonchev–Trinajstić information content (AvgIpc) is 3.02. The molecule has 1 aromatic carbocycles. The van der Waals surface area contributed by atoms with Gasteiger partial charge in [-0.05, 0) is 30.9 Å². The van der Waals surface area contributed by atoms with Gasteiger partial charge in [-0.3, -0.25) is 4.99 Å². The Bertz CT molecular complexity index is 480. The quantitative estimate of drug-likeness (QED) is 0.663.